The molecule has 8 aromatic carbocycles. The van der Waals surface area contributed by atoms with Crippen LogP contribution in [-0.4, -0.2) is 95.3 Å². The molecule has 480 valence electrons. The van der Waals surface area contributed by atoms with Crippen LogP contribution in [-0.2, 0) is 51.1 Å². The Bertz CT molecular complexity index is 4210. The minimum absolute atomic E-state index is 0. The molecular weight excluding hydrogens is 1240 g/mol. The number of halogens is 1. The van der Waals surface area contributed by atoms with Crippen LogP contribution in [0.25, 0.3) is 42.4 Å². The molecule has 0 aromatic heterocycles. The molecule has 8 N–H and O–H groups in total. The Morgan fingerprint density at radius 1 is 0.543 bits per heavy atom. The zero-order chi connectivity index (χ0) is 66.1. The Balaban J connectivity index is 0.000000282. The molecule has 0 aliphatic carbocycles. The van der Waals surface area contributed by atoms with Crippen molar-refractivity contribution in [2.45, 2.75) is 93.4 Å². The molecule has 0 aliphatic rings. The van der Waals surface area contributed by atoms with Gasteiger partial charge in [0.05, 0.1) is 64.7 Å². The van der Waals surface area contributed by atoms with Crippen LogP contribution >= 0.6 is 10.7 Å². The van der Waals surface area contributed by atoms with E-state index in [0.717, 1.165) is 27.3 Å². The molecule has 6 atom stereocenters. The van der Waals surface area contributed by atoms with Gasteiger partial charge in [0.25, 0.3) is 9.05 Å². The first-order valence-corrected chi connectivity index (χ1v) is 32.0. The van der Waals surface area contributed by atoms with E-state index in [-0.39, 0.29) is 61.3 Å². The van der Waals surface area contributed by atoms with Crippen LogP contribution < -0.4 is 36.7 Å². The van der Waals surface area contributed by atoms with E-state index in [1.54, 1.807) is 78.9 Å². The highest BCUT2D eigenvalue weighted by Crippen LogP contribution is 2.27. The highest BCUT2D eigenvalue weighted by Gasteiger charge is 2.33. The number of carbonyl (C=O) groups excluding carboxylic acids is 6. The zero-order valence-electron chi connectivity index (χ0n) is 49.4. The number of para-hydroxylation sites is 2. The second-order valence-corrected chi connectivity index (χ2v) is 25.1. The largest absolute Gasteiger partial charge is 0.492 e. The summed E-state index contributed by atoms with van der Waals surface area (Å²) < 4.78 is 63.0. The lowest BCUT2D eigenvalue weighted by molar-refractivity contribution is -0.127. The van der Waals surface area contributed by atoms with Gasteiger partial charge >= 0.3 is 0 Å². The number of benzene rings is 8. The second kappa shape index (κ2) is 35.4. The molecule has 8 rings (SSSR count). The number of Topliss-reactive ketones (excluding diaryl/α,β-unsaturated/α-hetero) is 3. The third-order valence-electron chi connectivity index (χ3n) is 14.1. The Labute approximate surface area is 537 Å². The topological polar surface area (TPSA) is 389 Å². The second-order valence-electron chi connectivity index (χ2n) is 20.8. The van der Waals surface area contributed by atoms with Gasteiger partial charge in [-0.3, -0.25) is 28.8 Å². The number of azide groups is 2. The number of hydrogen-bond donors (Lipinski definition) is 5. The van der Waals surface area contributed by atoms with E-state index in [1.807, 2.05) is 97.1 Å². The van der Waals surface area contributed by atoms with Crippen LogP contribution in [0.15, 0.2) is 214 Å². The molecule has 0 radical (unpaired) electrons. The molecule has 0 bridgehead atoms. The molecule has 0 spiro atoms. The fraction of sp³-hybridized carbons (Fsp3) is 0.242. The van der Waals surface area contributed by atoms with Gasteiger partial charge in [-0.1, -0.05) is 163 Å². The predicted octanol–water partition coefficient (Wildman–Crippen LogP) is 10.4. The summed E-state index contributed by atoms with van der Waals surface area (Å²) in [5.74, 6) is -3.21. The minimum atomic E-state index is -4.24. The first-order chi connectivity index (χ1) is 43.5. The Kier molecular flexibility index (Phi) is 28.0. The van der Waals surface area contributed by atoms with Crippen LogP contribution in [0.2, 0.25) is 0 Å². The van der Waals surface area contributed by atoms with Gasteiger partial charge in [-0.15, -0.1) is 0 Å². The number of sulfonamides is 1. The number of amides is 3. The number of hydrogen-bond acceptors (Lipinski definition) is 15. The summed E-state index contributed by atoms with van der Waals surface area (Å²) in [7, 11) is -2.63. The number of carbonyl (C=O) groups is 6. The number of primary amides is 2. The van der Waals surface area contributed by atoms with Gasteiger partial charge in [-0.2, -0.15) is 0 Å². The SMILES string of the molecule is C.CC(=O)c1ccccc1OC[C@@H](N=[N+]=[N-])[C@@H](CC(=O)[C@H](CC(N)=O)NS(=O)(=O)c1ccc2ccccc2c1)Cc1ccccc1.CC(=O)c1ccccc1OC[C@@H](N=[N+]=[N-])[C@H](Cc1ccccc1)NC(=O)[C@@H](N)CC(N)=O.O=S(=O)(Cl)c1ccc2ccccc2c1. The van der Waals surface area contributed by atoms with Crippen molar-refractivity contribution in [3.05, 3.63) is 237 Å². The van der Waals surface area contributed by atoms with Gasteiger partial charge in [-0.05, 0) is 125 Å². The van der Waals surface area contributed by atoms with E-state index in [0.29, 0.717) is 34.4 Å². The summed E-state index contributed by atoms with van der Waals surface area (Å²) >= 11 is 0. The molecule has 0 saturated carbocycles. The molecule has 3 amide bonds. The summed E-state index contributed by atoms with van der Waals surface area (Å²) in [6, 6.07) is 50.8. The van der Waals surface area contributed by atoms with Crippen molar-refractivity contribution >= 4 is 86.4 Å². The lowest BCUT2D eigenvalue weighted by atomic mass is 9.86. The number of ether oxygens (including phenoxy) is 2. The molecule has 0 saturated heterocycles. The molecule has 92 heavy (non-hydrogen) atoms. The zero-order valence-corrected chi connectivity index (χ0v) is 51.8. The van der Waals surface area contributed by atoms with E-state index < -0.39 is 85.1 Å². The van der Waals surface area contributed by atoms with Crippen molar-refractivity contribution in [1.82, 2.24) is 10.0 Å². The Morgan fingerprint density at radius 3 is 1.45 bits per heavy atom. The minimum Gasteiger partial charge on any atom is -0.492 e. The Morgan fingerprint density at radius 2 is 0.967 bits per heavy atom. The first-order valence-electron chi connectivity index (χ1n) is 28.2. The molecule has 23 nitrogen and oxygen atoms in total. The fourth-order valence-electron chi connectivity index (χ4n) is 9.49. The number of ketones is 3. The maximum absolute atomic E-state index is 13.8. The van der Waals surface area contributed by atoms with E-state index >= 15 is 0 Å². The van der Waals surface area contributed by atoms with Crippen molar-refractivity contribution in [3.63, 3.8) is 0 Å². The highest BCUT2D eigenvalue weighted by atomic mass is 35.7. The number of fused-ring (bicyclic) bond motifs is 2. The Hall–Kier alpha value is -9.97. The third-order valence-corrected chi connectivity index (χ3v) is 16.9. The fourth-order valence-corrected chi connectivity index (χ4v) is 11.5. The number of nitrogens with one attached hydrogen (secondary N) is 2. The third kappa shape index (κ3) is 22.5. The van der Waals surface area contributed by atoms with Crippen molar-refractivity contribution in [2.24, 2.45) is 33.3 Å². The van der Waals surface area contributed by atoms with Gasteiger partial charge in [0.1, 0.15) is 11.5 Å². The monoisotopic (exact) mass is 1310 g/mol. The molecule has 8 aromatic rings. The van der Waals surface area contributed by atoms with E-state index in [4.69, 9.17) is 42.9 Å². The van der Waals surface area contributed by atoms with Crippen molar-refractivity contribution in [2.75, 3.05) is 13.2 Å². The van der Waals surface area contributed by atoms with Crippen molar-refractivity contribution < 1.29 is 55.1 Å². The average Bonchev–Trinajstić information content (AvgIpc) is 0.889. The molecular formula is C66H70ClN11O12S2. The van der Waals surface area contributed by atoms with Gasteiger partial charge < -0.3 is 32.0 Å². The molecule has 0 aliphatic heterocycles. The van der Waals surface area contributed by atoms with E-state index in [1.165, 1.54) is 32.0 Å². The van der Waals surface area contributed by atoms with Crippen LogP contribution in [0.5, 0.6) is 11.5 Å². The normalized spacial score (nSPS) is 12.9. The average molecular weight is 1310 g/mol. The van der Waals surface area contributed by atoms with Gasteiger partial charge in [0.15, 0.2) is 17.3 Å². The molecule has 0 heterocycles. The smallest absolute Gasteiger partial charge is 0.261 e. The van der Waals surface area contributed by atoms with Crippen LogP contribution in [0.1, 0.15) is 72.4 Å². The van der Waals surface area contributed by atoms with Crippen LogP contribution in [0.3, 0.4) is 0 Å². The number of rotatable bonds is 29. The van der Waals surface area contributed by atoms with Gasteiger partial charge in [0, 0.05) is 39.4 Å². The summed E-state index contributed by atoms with van der Waals surface area (Å²) in [4.78, 5) is 79.3. The molecule has 26 heteroatoms. The number of nitrogens with zero attached hydrogens (tertiary/aromatic N) is 6. The summed E-state index contributed by atoms with van der Waals surface area (Å²) in [6.07, 6.45) is -0.572. The van der Waals surface area contributed by atoms with Crippen LogP contribution in [0.4, 0.5) is 0 Å². The quantitative estimate of drug-likeness (QED) is 0.00958. The van der Waals surface area contributed by atoms with E-state index in [2.05, 4.69) is 30.1 Å². The van der Waals surface area contributed by atoms with E-state index in [9.17, 15) is 51.1 Å². The summed E-state index contributed by atoms with van der Waals surface area (Å²) in [6.45, 7) is 2.56. The molecule has 0 fully saturated rings. The molecule has 0 unspecified atom stereocenters. The maximum atomic E-state index is 13.8. The van der Waals surface area contributed by atoms with Crippen molar-refractivity contribution in [1.29, 1.82) is 0 Å². The van der Waals surface area contributed by atoms with Crippen LogP contribution in [0, 0.1) is 5.92 Å². The first kappa shape index (κ1) is 72.8. The standard InChI is InChI=1S/C33H33N5O6S.C22H26N6O4.C10H7ClO2S.CH4/c1-22(39)28-13-7-8-14-32(28)44-21-30(36-38-35)26(17-23-9-3-2-4-10-23)19-31(40)29(20-33(34)41)37-45(42,43)27-16-15-24-11-5-6-12-25(24)18-27;1-14(29)16-9-5-6-10-20(16)32-13-19(27-28-25)18(11-15-7-3-2-4-8-15)26-22(31)17(23)12-21(24)30;11-14(12,13)10-6-5-8-3-1-2-4-9(8)7-10;/h2-16,18,26,29-30,37H,17,19-21H2,1H3,(H2,34,41);2-10,17-19H,11-13,23H2,1H3,(H2,24,30)(H,26,31);1-7H;1H4/t26-,29+,30-;17-,18-,19+;;/m10../s1. The van der Waals surface area contributed by atoms with Crippen molar-refractivity contribution in [3.8, 4) is 11.5 Å². The van der Waals surface area contributed by atoms with Gasteiger partial charge in [0.2, 0.25) is 27.7 Å². The summed E-state index contributed by atoms with van der Waals surface area (Å²) in [5.41, 5.74) is 37.3. The maximum Gasteiger partial charge on any atom is 0.261 e. The highest BCUT2D eigenvalue weighted by molar-refractivity contribution is 8.13. The lowest BCUT2D eigenvalue weighted by Gasteiger charge is -2.26. The van der Waals surface area contributed by atoms with Gasteiger partial charge in [-0.25, -0.2) is 21.6 Å². The lowest BCUT2D eigenvalue weighted by Crippen LogP contribution is -2.52. The summed E-state index contributed by atoms with van der Waals surface area (Å²) in [5, 5.41) is 13.9. The number of nitrogens with two attached hydrogens (primary N) is 3. The predicted molar refractivity (Wildman–Crippen MR) is 352 cm³/mol.